The fourth-order valence-electron chi connectivity index (χ4n) is 1.36. The van der Waals surface area contributed by atoms with E-state index in [0.29, 0.717) is 4.88 Å². The number of carbonyl (C=O) groups is 1. The first-order chi connectivity index (χ1) is 7.10. The summed E-state index contributed by atoms with van der Waals surface area (Å²) in [5.41, 5.74) is 0. The second kappa shape index (κ2) is 5.09. The monoisotopic (exact) mass is 221 g/mol. The van der Waals surface area contributed by atoms with Gasteiger partial charge in [0.2, 0.25) is 0 Å². The molecule has 0 saturated carbocycles. The van der Waals surface area contributed by atoms with Crippen molar-refractivity contribution in [1.82, 2.24) is 0 Å². The second-order valence-corrected chi connectivity index (χ2v) is 5.00. The predicted molar refractivity (Wildman–Crippen MR) is 62.0 cm³/mol. The summed E-state index contributed by atoms with van der Waals surface area (Å²) in [5, 5.41) is 8.93. The lowest BCUT2D eigenvalue weighted by Crippen LogP contribution is -2.17. The van der Waals surface area contributed by atoms with Gasteiger partial charge in [0.15, 0.2) is 5.78 Å². The van der Waals surface area contributed by atoms with Gasteiger partial charge in [-0.1, -0.05) is 20.8 Å². The lowest BCUT2D eigenvalue weighted by molar-refractivity contribution is 0.0928. The molecule has 3 heteroatoms. The molecule has 0 saturated heterocycles. The van der Waals surface area contributed by atoms with Crippen LogP contribution in [0.1, 0.15) is 35.3 Å². The number of ketones is 1. The minimum atomic E-state index is -0.506. The van der Waals surface area contributed by atoms with Crippen LogP contribution in [0.2, 0.25) is 0 Å². The lowest BCUT2D eigenvalue weighted by atomic mass is 9.92. The van der Waals surface area contributed by atoms with Gasteiger partial charge in [0, 0.05) is 4.88 Å². The van der Waals surface area contributed by atoms with Crippen LogP contribution < -0.4 is 0 Å². The molecule has 2 nitrogen and oxygen atoms in total. The standard InChI is InChI=1S/C12H15NOS/c1-4-9-5-6-11(15-9)12(14)10(7-13)8(2)3/h5-6,8,10H,4H2,1-3H3. The largest absolute Gasteiger partial charge is 0.292 e. The van der Waals surface area contributed by atoms with Gasteiger partial charge in [-0.2, -0.15) is 5.26 Å². The molecule has 15 heavy (non-hydrogen) atoms. The number of carbonyl (C=O) groups excluding carboxylic acids is 1. The summed E-state index contributed by atoms with van der Waals surface area (Å²) in [4.78, 5) is 13.8. The minimum Gasteiger partial charge on any atom is -0.292 e. The first-order valence-electron chi connectivity index (χ1n) is 5.12. The van der Waals surface area contributed by atoms with E-state index >= 15 is 0 Å². The van der Waals surface area contributed by atoms with E-state index in [9.17, 15) is 4.79 Å². The topological polar surface area (TPSA) is 40.9 Å². The van der Waals surface area contributed by atoms with Crippen LogP contribution in [0.5, 0.6) is 0 Å². The highest BCUT2D eigenvalue weighted by atomic mass is 32.1. The molecule has 80 valence electrons. The predicted octanol–water partition coefficient (Wildman–Crippen LogP) is 3.29. The molecule has 1 heterocycles. The maximum Gasteiger partial charge on any atom is 0.190 e. The summed E-state index contributed by atoms with van der Waals surface area (Å²) in [6.07, 6.45) is 0.941. The molecule has 0 spiro atoms. The number of hydrogen-bond acceptors (Lipinski definition) is 3. The molecule has 1 atom stereocenters. The maximum atomic E-state index is 11.9. The van der Waals surface area contributed by atoms with E-state index in [0.717, 1.165) is 6.42 Å². The maximum absolute atomic E-state index is 11.9. The number of hydrogen-bond donors (Lipinski definition) is 0. The summed E-state index contributed by atoms with van der Waals surface area (Å²) in [7, 11) is 0. The van der Waals surface area contributed by atoms with Gasteiger partial charge in [0.05, 0.1) is 10.9 Å². The van der Waals surface area contributed by atoms with Gasteiger partial charge in [-0.25, -0.2) is 0 Å². The molecule has 0 aliphatic heterocycles. The Morgan fingerprint density at radius 1 is 1.53 bits per heavy atom. The van der Waals surface area contributed by atoms with Crippen molar-refractivity contribution in [2.45, 2.75) is 27.2 Å². The molecule has 1 rings (SSSR count). The third-order valence-electron chi connectivity index (χ3n) is 2.34. The molecular weight excluding hydrogens is 206 g/mol. The molecule has 0 bridgehead atoms. The zero-order valence-corrected chi connectivity index (χ0v) is 10.1. The minimum absolute atomic E-state index is 0.0304. The van der Waals surface area contributed by atoms with Crippen LogP contribution in [-0.2, 0) is 6.42 Å². The Morgan fingerprint density at radius 2 is 2.20 bits per heavy atom. The Hall–Kier alpha value is -1.14. The zero-order chi connectivity index (χ0) is 11.4. The molecule has 0 amide bonds. The van der Waals surface area contributed by atoms with Gasteiger partial charge in [-0.15, -0.1) is 11.3 Å². The van der Waals surface area contributed by atoms with E-state index in [1.807, 2.05) is 26.0 Å². The molecule has 0 aliphatic rings. The normalized spacial score (nSPS) is 12.5. The number of thiophene rings is 1. The summed E-state index contributed by atoms with van der Waals surface area (Å²) in [6, 6.07) is 5.88. The van der Waals surface area contributed by atoms with Crippen LogP contribution >= 0.6 is 11.3 Å². The SMILES string of the molecule is CCc1ccc(C(=O)C(C#N)C(C)C)s1. The van der Waals surface area contributed by atoms with Gasteiger partial charge < -0.3 is 0 Å². The van der Waals surface area contributed by atoms with Gasteiger partial charge >= 0.3 is 0 Å². The molecule has 0 N–H and O–H groups in total. The van der Waals surface area contributed by atoms with E-state index in [2.05, 4.69) is 13.0 Å². The average molecular weight is 221 g/mol. The van der Waals surface area contributed by atoms with Crippen LogP contribution in [0.25, 0.3) is 0 Å². The van der Waals surface area contributed by atoms with Crippen LogP contribution in [0.3, 0.4) is 0 Å². The molecule has 0 radical (unpaired) electrons. The Morgan fingerprint density at radius 3 is 2.60 bits per heavy atom. The highest BCUT2D eigenvalue weighted by Crippen LogP contribution is 2.23. The number of nitriles is 1. The third-order valence-corrected chi connectivity index (χ3v) is 3.59. The lowest BCUT2D eigenvalue weighted by Gasteiger charge is -2.09. The van der Waals surface area contributed by atoms with Crippen LogP contribution in [0.15, 0.2) is 12.1 Å². The number of nitrogens with zero attached hydrogens (tertiary/aromatic N) is 1. The van der Waals surface area contributed by atoms with Gasteiger partial charge in [-0.05, 0) is 24.5 Å². The molecular formula is C12H15NOS. The Labute approximate surface area is 94.5 Å². The summed E-state index contributed by atoms with van der Waals surface area (Å²) >= 11 is 1.50. The first kappa shape index (κ1) is 11.9. The van der Waals surface area contributed by atoms with E-state index in [1.165, 1.54) is 16.2 Å². The highest BCUT2D eigenvalue weighted by molar-refractivity contribution is 7.14. The van der Waals surface area contributed by atoms with Gasteiger partial charge in [-0.3, -0.25) is 4.79 Å². The van der Waals surface area contributed by atoms with Crippen molar-refractivity contribution >= 4 is 17.1 Å². The van der Waals surface area contributed by atoms with E-state index < -0.39 is 5.92 Å². The second-order valence-electron chi connectivity index (χ2n) is 3.83. The van der Waals surface area contributed by atoms with Gasteiger partial charge in [0.1, 0.15) is 5.92 Å². The Balaban J connectivity index is 2.89. The van der Waals surface area contributed by atoms with Gasteiger partial charge in [0.25, 0.3) is 0 Å². The molecule has 0 fully saturated rings. The average Bonchev–Trinajstić information content (AvgIpc) is 2.66. The third kappa shape index (κ3) is 2.66. The summed E-state index contributed by atoms with van der Waals surface area (Å²) in [6.45, 7) is 5.87. The number of aryl methyl sites for hydroxylation is 1. The van der Waals surface area contributed by atoms with Crippen molar-refractivity contribution in [1.29, 1.82) is 5.26 Å². The van der Waals surface area contributed by atoms with Crippen LogP contribution in [0.4, 0.5) is 0 Å². The molecule has 1 unspecified atom stereocenters. The van der Waals surface area contributed by atoms with E-state index in [1.54, 1.807) is 0 Å². The summed E-state index contributed by atoms with van der Waals surface area (Å²) < 4.78 is 0. The van der Waals surface area contributed by atoms with E-state index in [4.69, 9.17) is 5.26 Å². The van der Waals surface area contributed by atoms with Crippen molar-refractivity contribution < 1.29 is 4.79 Å². The van der Waals surface area contributed by atoms with Crippen LogP contribution in [-0.4, -0.2) is 5.78 Å². The fraction of sp³-hybridized carbons (Fsp3) is 0.500. The van der Waals surface area contributed by atoms with Crippen molar-refractivity contribution in [2.24, 2.45) is 11.8 Å². The number of rotatable bonds is 4. The molecule has 1 aromatic rings. The molecule has 0 aliphatic carbocycles. The zero-order valence-electron chi connectivity index (χ0n) is 9.28. The Bertz CT molecular complexity index is 387. The van der Waals surface area contributed by atoms with Crippen molar-refractivity contribution in [3.8, 4) is 6.07 Å². The quantitative estimate of drug-likeness (QED) is 0.732. The first-order valence-corrected chi connectivity index (χ1v) is 5.94. The smallest absolute Gasteiger partial charge is 0.190 e. The van der Waals surface area contributed by atoms with Crippen LogP contribution in [0, 0.1) is 23.2 Å². The highest BCUT2D eigenvalue weighted by Gasteiger charge is 2.24. The number of Topliss-reactive ketones (excluding diaryl/α,β-unsaturated/α-hetero) is 1. The van der Waals surface area contributed by atoms with Crippen molar-refractivity contribution in [2.75, 3.05) is 0 Å². The van der Waals surface area contributed by atoms with E-state index in [-0.39, 0.29) is 11.7 Å². The molecule has 0 aromatic carbocycles. The summed E-state index contributed by atoms with van der Waals surface area (Å²) in [5.74, 6) is -0.458. The molecule has 1 aromatic heterocycles. The fourth-order valence-corrected chi connectivity index (χ4v) is 2.29. The van der Waals surface area contributed by atoms with Crippen molar-refractivity contribution in [3.05, 3.63) is 21.9 Å². The Kier molecular flexibility index (Phi) is 4.05. The van der Waals surface area contributed by atoms with Crippen molar-refractivity contribution in [3.63, 3.8) is 0 Å².